The molecule has 1 aliphatic rings. The Morgan fingerprint density at radius 2 is 1.30 bits per heavy atom. The van der Waals surface area contributed by atoms with Crippen molar-refractivity contribution in [1.82, 2.24) is 52.3 Å². The average molecular weight is 1060 g/mol. The van der Waals surface area contributed by atoms with Crippen LogP contribution in [0.5, 0.6) is 5.75 Å². The molecule has 1 saturated heterocycles. The number of carbonyl (C=O) groups is 9. The standard InChI is InChI=1S/C53H69N13O11/c1-65-42(10-6-22-59-48(73)36-15-17-38(18-16-36)62-44(68)21-24-58-45(69)30-56-25-26-57-32-47(71)72)50(75)64-40(9-5-23-60-53(54)55)51(76)66(2)43(29-34-11-14-35-7-3-4-8-37(35)27-34)49(74)61-31-46(70)63-41(52(65)77)28-33-12-19-39(67)20-13-33/h3-4,7-8,11-20,27,40-43,56-57,67H,5-6,9-10,21-26,28-32H2,1-2H3,(H,58,69)(H,59,73)(H,61,74)(H,62,68)(H,63,70)(H,64,75)(H,71,72)(H4,54,55,60)/t40-,41+,42+,43-/m0/s1. The monoisotopic (exact) mass is 1060 g/mol. The molecule has 4 aromatic rings. The number of nitrogens with two attached hydrogens (primary N) is 1. The number of benzene rings is 4. The van der Waals surface area contributed by atoms with E-state index in [-0.39, 0.29) is 107 Å². The summed E-state index contributed by atoms with van der Waals surface area (Å²) in [6.07, 6.45) is 0.333. The number of nitrogens with one attached hydrogen (secondary N) is 10. The van der Waals surface area contributed by atoms with Gasteiger partial charge in [0.1, 0.15) is 29.9 Å². The van der Waals surface area contributed by atoms with Crippen LogP contribution in [0.15, 0.2) is 91.0 Å². The summed E-state index contributed by atoms with van der Waals surface area (Å²) in [4.78, 5) is 123. The Kier molecular flexibility index (Phi) is 23.1. The highest BCUT2D eigenvalue weighted by Gasteiger charge is 2.37. The lowest BCUT2D eigenvalue weighted by molar-refractivity contribution is -0.144. The first kappa shape index (κ1) is 59.2. The van der Waals surface area contributed by atoms with Crippen molar-refractivity contribution in [2.24, 2.45) is 5.73 Å². The fourth-order valence-corrected chi connectivity index (χ4v) is 8.43. The number of fused-ring (bicyclic) bond motifs is 1. The summed E-state index contributed by atoms with van der Waals surface area (Å²) in [6, 6.07) is 20.4. The molecule has 1 heterocycles. The van der Waals surface area contributed by atoms with Crippen molar-refractivity contribution < 1.29 is 53.4 Å². The van der Waals surface area contributed by atoms with Gasteiger partial charge in [0.05, 0.1) is 19.6 Å². The zero-order valence-corrected chi connectivity index (χ0v) is 43.1. The molecule has 4 aromatic carbocycles. The van der Waals surface area contributed by atoms with Gasteiger partial charge >= 0.3 is 5.97 Å². The summed E-state index contributed by atoms with van der Waals surface area (Å²) in [5.41, 5.74) is 7.46. The van der Waals surface area contributed by atoms with Crippen LogP contribution >= 0.6 is 0 Å². The van der Waals surface area contributed by atoms with Crippen LogP contribution in [0.4, 0.5) is 5.69 Å². The molecule has 1 aliphatic heterocycles. The topological polar surface area (TPSA) is 359 Å². The number of aliphatic carboxylic acids is 1. The van der Waals surface area contributed by atoms with Gasteiger partial charge in [-0.3, -0.25) is 48.6 Å². The molecule has 0 saturated carbocycles. The minimum atomic E-state index is -1.27. The van der Waals surface area contributed by atoms with E-state index in [0.717, 1.165) is 16.3 Å². The van der Waals surface area contributed by atoms with Gasteiger partial charge in [-0.1, -0.05) is 54.6 Å². The quantitative estimate of drug-likeness (QED) is 0.0234. The number of hydrogen-bond donors (Lipinski definition) is 13. The number of phenolic OH excluding ortho intramolecular Hbond substituents is 1. The van der Waals surface area contributed by atoms with Crippen molar-refractivity contribution >= 4 is 75.6 Å². The second-order valence-electron chi connectivity index (χ2n) is 18.4. The van der Waals surface area contributed by atoms with Gasteiger partial charge in [-0.05, 0) is 84.0 Å². The van der Waals surface area contributed by atoms with Crippen molar-refractivity contribution in [3.05, 3.63) is 108 Å². The van der Waals surface area contributed by atoms with Crippen LogP contribution in [0.3, 0.4) is 0 Å². The molecule has 8 amide bonds. The number of nitrogens with zero attached hydrogens (tertiary/aromatic N) is 2. The number of hydrogen-bond acceptors (Lipinski definition) is 13. The normalized spacial score (nSPS) is 17.5. The molecule has 412 valence electrons. The highest BCUT2D eigenvalue weighted by molar-refractivity contribution is 5.98. The number of guanidine groups is 1. The molecule has 0 aliphatic carbocycles. The lowest BCUT2D eigenvalue weighted by Crippen LogP contribution is -2.58. The van der Waals surface area contributed by atoms with Gasteiger partial charge in [0.15, 0.2) is 5.96 Å². The number of carbonyl (C=O) groups excluding carboxylic acids is 8. The molecule has 1 fully saturated rings. The Hall–Kier alpha value is -8.64. The van der Waals surface area contributed by atoms with E-state index in [9.17, 15) is 48.3 Å². The molecule has 24 heteroatoms. The first-order valence-corrected chi connectivity index (χ1v) is 25.2. The van der Waals surface area contributed by atoms with E-state index in [4.69, 9.17) is 16.2 Å². The zero-order chi connectivity index (χ0) is 55.9. The number of carboxylic acid groups (broad SMARTS) is 1. The molecular formula is C53H69N13O11. The number of carboxylic acids is 1. The number of rotatable bonds is 24. The molecule has 24 nitrogen and oxygen atoms in total. The van der Waals surface area contributed by atoms with Crippen LogP contribution in [0.2, 0.25) is 0 Å². The molecule has 0 bridgehead atoms. The summed E-state index contributed by atoms with van der Waals surface area (Å²) in [7, 11) is 2.83. The van der Waals surface area contributed by atoms with Gasteiger partial charge in [0.25, 0.3) is 5.91 Å². The smallest absolute Gasteiger partial charge is 0.317 e. The molecule has 0 spiro atoms. The van der Waals surface area contributed by atoms with Crippen LogP contribution in [0, 0.1) is 5.41 Å². The minimum absolute atomic E-state index is 0.0153. The Balaban J connectivity index is 1.29. The van der Waals surface area contributed by atoms with Gasteiger partial charge in [0, 0.05) is 77.3 Å². The van der Waals surface area contributed by atoms with Crippen molar-refractivity contribution in [2.45, 2.75) is 69.1 Å². The third-order valence-corrected chi connectivity index (χ3v) is 12.6. The fraction of sp³-hybridized carbons (Fsp3) is 0.396. The number of amides is 8. The van der Waals surface area contributed by atoms with Crippen LogP contribution in [0.25, 0.3) is 10.8 Å². The Morgan fingerprint density at radius 3 is 2.00 bits per heavy atom. The summed E-state index contributed by atoms with van der Waals surface area (Å²) in [5, 5.41) is 52.7. The third kappa shape index (κ3) is 19.5. The minimum Gasteiger partial charge on any atom is -0.508 e. The first-order valence-electron chi connectivity index (χ1n) is 25.2. The van der Waals surface area contributed by atoms with Crippen LogP contribution in [-0.2, 0) is 51.2 Å². The second-order valence-corrected chi connectivity index (χ2v) is 18.4. The van der Waals surface area contributed by atoms with Crippen LogP contribution in [0.1, 0.15) is 53.6 Å². The van der Waals surface area contributed by atoms with Gasteiger partial charge in [-0.25, -0.2) is 0 Å². The highest BCUT2D eigenvalue weighted by atomic mass is 16.4. The molecule has 4 atom stereocenters. The van der Waals surface area contributed by atoms with E-state index >= 15 is 0 Å². The van der Waals surface area contributed by atoms with Crippen molar-refractivity contribution in [1.29, 1.82) is 5.41 Å². The average Bonchev–Trinajstić information content (AvgIpc) is 3.40. The molecule has 0 radical (unpaired) electrons. The maximum Gasteiger partial charge on any atom is 0.317 e. The summed E-state index contributed by atoms with van der Waals surface area (Å²) in [6.45, 7) is 0.233. The molecule has 77 heavy (non-hydrogen) atoms. The van der Waals surface area contributed by atoms with E-state index in [1.165, 1.54) is 60.3 Å². The largest absolute Gasteiger partial charge is 0.508 e. The van der Waals surface area contributed by atoms with Crippen molar-refractivity contribution in [3.8, 4) is 5.75 Å². The van der Waals surface area contributed by atoms with Gasteiger partial charge < -0.3 is 73.6 Å². The van der Waals surface area contributed by atoms with E-state index < -0.39 is 72.1 Å². The lowest BCUT2D eigenvalue weighted by Gasteiger charge is -2.33. The first-order chi connectivity index (χ1) is 36.9. The van der Waals surface area contributed by atoms with E-state index in [0.29, 0.717) is 24.3 Å². The van der Waals surface area contributed by atoms with Gasteiger partial charge in [0.2, 0.25) is 41.4 Å². The van der Waals surface area contributed by atoms with Gasteiger partial charge in [-0.15, -0.1) is 0 Å². The third-order valence-electron chi connectivity index (χ3n) is 12.6. The van der Waals surface area contributed by atoms with E-state index in [1.54, 1.807) is 12.1 Å². The molecule has 0 aromatic heterocycles. The zero-order valence-electron chi connectivity index (χ0n) is 43.1. The second kappa shape index (κ2) is 30.0. The van der Waals surface area contributed by atoms with Gasteiger partial charge in [-0.2, -0.15) is 0 Å². The molecular weight excluding hydrogens is 995 g/mol. The van der Waals surface area contributed by atoms with Crippen LogP contribution in [-0.4, -0.2) is 170 Å². The molecule has 14 N–H and O–H groups in total. The number of likely N-dealkylation sites (N-methyl/N-ethyl adjacent to an activating group) is 2. The number of aromatic hydroxyl groups is 1. The summed E-state index contributed by atoms with van der Waals surface area (Å²) < 4.78 is 0. The maximum atomic E-state index is 14.7. The highest BCUT2D eigenvalue weighted by Crippen LogP contribution is 2.20. The predicted octanol–water partition coefficient (Wildman–Crippen LogP) is -0.734. The number of anilines is 1. The summed E-state index contributed by atoms with van der Waals surface area (Å²) in [5.74, 6) is -5.92. The molecule has 0 unspecified atom stereocenters. The SMILES string of the molecule is CN1C(=O)[C@@H](Cc2ccc(O)cc2)NC(=O)CNC(=O)[C@H](Cc2ccc3ccccc3c2)N(C)C(=O)[C@H](CCCNC(=N)N)NC(=O)[C@H]1CCCNC(=O)c1ccc(NC(=O)CCNC(=O)CNCCNCC(=O)O)cc1. The Labute approximate surface area is 445 Å². The van der Waals surface area contributed by atoms with Crippen molar-refractivity contribution in [3.63, 3.8) is 0 Å². The lowest BCUT2D eigenvalue weighted by atomic mass is 9.99. The van der Waals surface area contributed by atoms with Crippen LogP contribution < -0.4 is 53.6 Å². The number of phenols is 1. The Bertz CT molecular complexity index is 2720. The Morgan fingerprint density at radius 1 is 0.662 bits per heavy atom. The van der Waals surface area contributed by atoms with E-state index in [2.05, 4.69) is 47.9 Å². The summed E-state index contributed by atoms with van der Waals surface area (Å²) >= 11 is 0. The predicted molar refractivity (Wildman–Crippen MR) is 286 cm³/mol. The maximum absolute atomic E-state index is 14.7. The fourth-order valence-electron chi connectivity index (χ4n) is 8.43. The van der Waals surface area contributed by atoms with E-state index in [1.807, 2.05) is 42.5 Å². The van der Waals surface area contributed by atoms with Crippen molar-refractivity contribution in [2.75, 3.05) is 71.8 Å². The molecule has 5 rings (SSSR count).